The van der Waals surface area contributed by atoms with E-state index in [1.807, 2.05) is 18.2 Å². The van der Waals surface area contributed by atoms with Gasteiger partial charge in [-0.15, -0.1) is 0 Å². The Balaban J connectivity index is 1.51. The van der Waals surface area contributed by atoms with E-state index in [0.29, 0.717) is 5.02 Å². The smallest absolute Gasteiger partial charge is 0.0938 e. The summed E-state index contributed by atoms with van der Waals surface area (Å²) in [5.74, 6) is 0. The van der Waals surface area contributed by atoms with E-state index in [4.69, 9.17) is 21.6 Å². The lowest BCUT2D eigenvalue weighted by molar-refractivity contribution is 0.0198. The van der Waals surface area contributed by atoms with Crippen LogP contribution >= 0.6 is 11.6 Å². The molecule has 2 aliphatic rings. The zero-order valence-electron chi connectivity index (χ0n) is 16.4. The first-order chi connectivity index (χ1) is 14.2. The van der Waals surface area contributed by atoms with E-state index in [1.54, 1.807) is 18.6 Å². The van der Waals surface area contributed by atoms with Gasteiger partial charge < -0.3 is 9.91 Å². The molecule has 148 valence electrons. The molecule has 29 heavy (non-hydrogen) atoms. The van der Waals surface area contributed by atoms with Crippen molar-refractivity contribution in [1.29, 1.82) is 0 Å². The van der Waals surface area contributed by atoms with Crippen LogP contribution < -0.4 is 0 Å². The standard InChI is InChI=1S/C22H23ClN6/c1-27-11-5-19(29(27)13-12-28-9-3-10-28)22-21(25-7-8-26-22)17-14-16-4-2-6-24-20(16)18(23)15-17/h2,4-8,11,14-15,19H,3,9-10,12-13H2,1H3. The summed E-state index contributed by atoms with van der Waals surface area (Å²) in [6.07, 6.45) is 10.9. The van der Waals surface area contributed by atoms with E-state index in [1.165, 1.54) is 19.5 Å². The monoisotopic (exact) mass is 406 g/mol. The predicted molar refractivity (Wildman–Crippen MR) is 115 cm³/mol. The van der Waals surface area contributed by atoms with Crippen LogP contribution in [0.3, 0.4) is 0 Å². The summed E-state index contributed by atoms with van der Waals surface area (Å²) in [5, 5.41) is 6.12. The predicted octanol–water partition coefficient (Wildman–Crippen LogP) is 3.77. The van der Waals surface area contributed by atoms with Crippen LogP contribution in [0.1, 0.15) is 18.2 Å². The zero-order chi connectivity index (χ0) is 19.8. The molecule has 0 radical (unpaired) electrons. The maximum Gasteiger partial charge on any atom is 0.0938 e. The molecule has 5 rings (SSSR count). The third kappa shape index (κ3) is 3.48. The molecular weight excluding hydrogens is 384 g/mol. The minimum atomic E-state index is 0.0494. The zero-order valence-corrected chi connectivity index (χ0v) is 17.1. The molecule has 2 aromatic heterocycles. The molecule has 0 amide bonds. The Bertz CT molecular complexity index is 1060. The molecule has 1 fully saturated rings. The van der Waals surface area contributed by atoms with Crippen LogP contribution in [0.15, 0.2) is 55.1 Å². The minimum absolute atomic E-state index is 0.0494. The van der Waals surface area contributed by atoms with Gasteiger partial charge in [-0.2, -0.15) is 0 Å². The van der Waals surface area contributed by atoms with Gasteiger partial charge in [-0.25, -0.2) is 5.01 Å². The normalized spacial score (nSPS) is 19.8. The van der Waals surface area contributed by atoms with Crippen LogP contribution in [0, 0.1) is 0 Å². The molecule has 0 saturated carbocycles. The molecule has 0 aliphatic carbocycles. The number of nitrogens with zero attached hydrogens (tertiary/aromatic N) is 6. The van der Waals surface area contributed by atoms with Gasteiger partial charge in [-0.05, 0) is 43.8 Å². The van der Waals surface area contributed by atoms with E-state index >= 15 is 0 Å². The first-order valence-electron chi connectivity index (χ1n) is 9.96. The number of halogens is 1. The fraction of sp³-hybridized carbons (Fsp3) is 0.318. The van der Waals surface area contributed by atoms with Gasteiger partial charge in [0.2, 0.25) is 0 Å². The van der Waals surface area contributed by atoms with E-state index in [0.717, 1.165) is 40.9 Å². The third-order valence-electron chi connectivity index (χ3n) is 5.74. The molecule has 0 bridgehead atoms. The molecule has 1 atom stereocenters. The van der Waals surface area contributed by atoms with Gasteiger partial charge >= 0.3 is 0 Å². The molecule has 1 aromatic carbocycles. The quantitative estimate of drug-likeness (QED) is 0.642. The number of hydrogen-bond acceptors (Lipinski definition) is 6. The summed E-state index contributed by atoms with van der Waals surface area (Å²) >= 11 is 6.53. The van der Waals surface area contributed by atoms with Crippen molar-refractivity contribution in [1.82, 2.24) is 29.9 Å². The first-order valence-corrected chi connectivity index (χ1v) is 10.3. The highest BCUT2D eigenvalue weighted by Crippen LogP contribution is 2.35. The Hall–Kier alpha value is -2.54. The van der Waals surface area contributed by atoms with Crippen LogP contribution in [0.2, 0.25) is 5.02 Å². The van der Waals surface area contributed by atoms with Crippen molar-refractivity contribution in [3.05, 3.63) is 65.8 Å². The summed E-state index contributed by atoms with van der Waals surface area (Å²) in [6.45, 7) is 4.42. The Morgan fingerprint density at radius 3 is 2.76 bits per heavy atom. The van der Waals surface area contributed by atoms with Crippen LogP contribution in [0.5, 0.6) is 0 Å². The van der Waals surface area contributed by atoms with Crippen molar-refractivity contribution in [3.8, 4) is 11.3 Å². The largest absolute Gasteiger partial charge is 0.315 e. The van der Waals surface area contributed by atoms with Crippen LogP contribution in [-0.2, 0) is 0 Å². The van der Waals surface area contributed by atoms with Gasteiger partial charge in [0.05, 0.1) is 28.0 Å². The lowest BCUT2D eigenvalue weighted by atomic mass is 10.0. The number of hydrogen-bond donors (Lipinski definition) is 0. The molecule has 3 aromatic rings. The Morgan fingerprint density at radius 1 is 1.07 bits per heavy atom. The van der Waals surface area contributed by atoms with E-state index in [9.17, 15) is 0 Å². The summed E-state index contributed by atoms with van der Waals surface area (Å²) < 4.78 is 0. The minimum Gasteiger partial charge on any atom is -0.315 e. The van der Waals surface area contributed by atoms with Gasteiger partial charge in [0, 0.05) is 55.9 Å². The van der Waals surface area contributed by atoms with Crippen LogP contribution in [0.4, 0.5) is 0 Å². The molecule has 0 spiro atoms. The highest BCUT2D eigenvalue weighted by molar-refractivity contribution is 6.35. The van der Waals surface area contributed by atoms with Crippen molar-refractivity contribution in [2.75, 3.05) is 33.2 Å². The fourth-order valence-corrected chi connectivity index (χ4v) is 4.31. The lowest BCUT2D eigenvalue weighted by Gasteiger charge is -2.36. The number of aromatic nitrogens is 3. The Labute approximate surface area is 175 Å². The number of likely N-dealkylation sites (tertiary alicyclic amines) is 1. The van der Waals surface area contributed by atoms with Gasteiger partial charge in [-0.3, -0.25) is 15.0 Å². The Morgan fingerprint density at radius 2 is 1.93 bits per heavy atom. The second kappa shape index (κ2) is 7.71. The molecule has 6 nitrogen and oxygen atoms in total. The SMILES string of the molecule is CN1C=CC(c2nccnc2-c2cc(Cl)c3ncccc3c2)N1CCN1CCC1. The van der Waals surface area contributed by atoms with Gasteiger partial charge in [-0.1, -0.05) is 17.7 Å². The summed E-state index contributed by atoms with van der Waals surface area (Å²) in [6, 6.07) is 8.03. The molecule has 1 unspecified atom stereocenters. The summed E-state index contributed by atoms with van der Waals surface area (Å²) in [5.41, 5.74) is 3.57. The van der Waals surface area contributed by atoms with Crippen LogP contribution in [0.25, 0.3) is 22.2 Å². The number of fused-ring (bicyclic) bond motifs is 1. The second-order valence-electron chi connectivity index (χ2n) is 7.54. The second-order valence-corrected chi connectivity index (χ2v) is 7.95. The summed E-state index contributed by atoms with van der Waals surface area (Å²) in [7, 11) is 2.08. The lowest BCUT2D eigenvalue weighted by Crippen LogP contribution is -2.45. The van der Waals surface area contributed by atoms with E-state index < -0.39 is 0 Å². The van der Waals surface area contributed by atoms with E-state index in [2.05, 4.69) is 45.3 Å². The van der Waals surface area contributed by atoms with Crippen molar-refractivity contribution >= 4 is 22.5 Å². The average Bonchev–Trinajstić information content (AvgIpc) is 3.07. The fourth-order valence-electron chi connectivity index (χ4n) is 4.04. The van der Waals surface area contributed by atoms with Crippen molar-refractivity contribution in [2.24, 2.45) is 0 Å². The number of pyridine rings is 1. The molecule has 0 N–H and O–H groups in total. The maximum absolute atomic E-state index is 6.53. The summed E-state index contributed by atoms with van der Waals surface area (Å²) in [4.78, 5) is 16.3. The van der Waals surface area contributed by atoms with Gasteiger partial charge in [0.1, 0.15) is 0 Å². The Kier molecular flexibility index (Phi) is 4.91. The topological polar surface area (TPSA) is 48.4 Å². The maximum atomic E-state index is 6.53. The highest BCUT2D eigenvalue weighted by atomic mass is 35.5. The number of hydrazine groups is 1. The van der Waals surface area contributed by atoms with Crippen molar-refractivity contribution < 1.29 is 0 Å². The molecule has 2 aliphatic heterocycles. The van der Waals surface area contributed by atoms with E-state index in [-0.39, 0.29) is 6.04 Å². The average molecular weight is 407 g/mol. The molecule has 1 saturated heterocycles. The third-order valence-corrected chi connectivity index (χ3v) is 6.03. The van der Waals surface area contributed by atoms with Crippen molar-refractivity contribution in [2.45, 2.75) is 12.5 Å². The number of benzene rings is 1. The van der Waals surface area contributed by atoms with Gasteiger partial charge in [0.25, 0.3) is 0 Å². The first kappa shape index (κ1) is 18.5. The number of rotatable bonds is 5. The molecular formula is C22H23ClN6. The highest BCUT2D eigenvalue weighted by Gasteiger charge is 2.30. The molecule has 7 heteroatoms. The molecule has 4 heterocycles. The van der Waals surface area contributed by atoms with Gasteiger partial charge in [0.15, 0.2) is 0 Å². The van der Waals surface area contributed by atoms with Crippen molar-refractivity contribution in [3.63, 3.8) is 0 Å². The van der Waals surface area contributed by atoms with Crippen LogP contribution in [-0.4, -0.2) is 63.1 Å².